The molecule has 2 aromatic rings. The Bertz CT molecular complexity index is 618. The van der Waals surface area contributed by atoms with Gasteiger partial charge in [0, 0.05) is 25.9 Å². The van der Waals surface area contributed by atoms with E-state index in [-0.39, 0.29) is 6.03 Å². The van der Waals surface area contributed by atoms with Gasteiger partial charge in [0.1, 0.15) is 5.82 Å². The molecular weight excluding hydrogens is 290 g/mol. The summed E-state index contributed by atoms with van der Waals surface area (Å²) >= 11 is 0. The van der Waals surface area contributed by atoms with Crippen LogP contribution in [0.25, 0.3) is 0 Å². The van der Waals surface area contributed by atoms with Crippen LogP contribution in [0.2, 0.25) is 0 Å². The third kappa shape index (κ3) is 6.10. The molecular formula is C17H25N5O. The molecule has 1 aromatic heterocycles. The zero-order valence-corrected chi connectivity index (χ0v) is 14.0. The summed E-state index contributed by atoms with van der Waals surface area (Å²) in [6.45, 7) is 7.38. The first-order valence-corrected chi connectivity index (χ1v) is 8.00. The Labute approximate surface area is 137 Å². The predicted molar refractivity (Wildman–Crippen MR) is 90.3 cm³/mol. The van der Waals surface area contributed by atoms with Crippen molar-refractivity contribution >= 4 is 6.03 Å². The molecule has 0 aliphatic rings. The van der Waals surface area contributed by atoms with E-state index in [1.54, 1.807) is 0 Å². The molecule has 0 unspecified atom stereocenters. The third-order valence-electron chi connectivity index (χ3n) is 3.38. The summed E-state index contributed by atoms with van der Waals surface area (Å²) in [6, 6.07) is 8.23. The quantitative estimate of drug-likeness (QED) is 0.732. The van der Waals surface area contributed by atoms with E-state index < -0.39 is 0 Å². The molecule has 2 amide bonds. The van der Waals surface area contributed by atoms with Gasteiger partial charge < -0.3 is 10.6 Å². The number of H-pyrrole nitrogens is 1. The van der Waals surface area contributed by atoms with Gasteiger partial charge in [0.15, 0.2) is 5.82 Å². The molecule has 6 nitrogen and oxygen atoms in total. The number of nitrogens with one attached hydrogen (secondary N) is 3. The number of carbonyl (C=O) groups excluding carboxylic acids is 1. The van der Waals surface area contributed by atoms with Crippen LogP contribution >= 0.6 is 0 Å². The van der Waals surface area contributed by atoms with Crippen LogP contribution < -0.4 is 10.6 Å². The predicted octanol–water partition coefficient (Wildman–Crippen LogP) is 2.20. The van der Waals surface area contributed by atoms with E-state index in [0.717, 1.165) is 18.1 Å². The van der Waals surface area contributed by atoms with Gasteiger partial charge in [-0.15, -0.1) is 0 Å². The smallest absolute Gasteiger partial charge is 0.314 e. The summed E-state index contributed by atoms with van der Waals surface area (Å²) in [7, 11) is 0. The van der Waals surface area contributed by atoms with E-state index in [1.807, 2.05) is 0 Å². The molecule has 3 N–H and O–H groups in total. The average molecular weight is 315 g/mol. The van der Waals surface area contributed by atoms with Crippen molar-refractivity contribution in [3.05, 3.63) is 47.0 Å². The van der Waals surface area contributed by atoms with E-state index >= 15 is 0 Å². The molecule has 0 spiro atoms. The molecule has 0 atom stereocenters. The van der Waals surface area contributed by atoms with E-state index in [9.17, 15) is 4.79 Å². The van der Waals surface area contributed by atoms with Crippen LogP contribution in [0.5, 0.6) is 0 Å². The molecule has 1 heterocycles. The highest BCUT2D eigenvalue weighted by Crippen LogP contribution is 2.07. The lowest BCUT2D eigenvalue weighted by molar-refractivity contribution is 0.239. The second-order valence-electron chi connectivity index (χ2n) is 6.14. The first-order chi connectivity index (χ1) is 11.0. The lowest BCUT2D eigenvalue weighted by Gasteiger charge is -2.08. The Balaban J connectivity index is 1.74. The number of nitrogens with zero attached hydrogens (tertiary/aromatic N) is 2. The first kappa shape index (κ1) is 17.0. The summed E-state index contributed by atoms with van der Waals surface area (Å²) < 4.78 is 0. The van der Waals surface area contributed by atoms with Gasteiger partial charge in [0.05, 0.1) is 0 Å². The van der Waals surface area contributed by atoms with Crippen LogP contribution in [-0.4, -0.2) is 34.3 Å². The van der Waals surface area contributed by atoms with Gasteiger partial charge in [-0.1, -0.05) is 43.7 Å². The zero-order valence-electron chi connectivity index (χ0n) is 14.0. The van der Waals surface area contributed by atoms with Gasteiger partial charge in [-0.05, 0) is 18.4 Å². The monoisotopic (exact) mass is 315 g/mol. The Hall–Kier alpha value is -2.37. The number of rotatable bonds is 7. The fraction of sp³-hybridized carbons (Fsp3) is 0.471. The maximum absolute atomic E-state index is 11.5. The summed E-state index contributed by atoms with van der Waals surface area (Å²) in [4.78, 5) is 16.0. The molecule has 124 valence electrons. The second-order valence-corrected chi connectivity index (χ2v) is 6.14. The highest BCUT2D eigenvalue weighted by molar-refractivity contribution is 5.73. The van der Waals surface area contributed by atoms with Gasteiger partial charge in [0.25, 0.3) is 0 Å². The van der Waals surface area contributed by atoms with Gasteiger partial charge in [-0.3, -0.25) is 5.10 Å². The van der Waals surface area contributed by atoms with Gasteiger partial charge in [-0.2, -0.15) is 5.10 Å². The zero-order chi connectivity index (χ0) is 16.7. The van der Waals surface area contributed by atoms with Crippen LogP contribution in [0, 0.1) is 12.8 Å². The lowest BCUT2D eigenvalue weighted by atomic mass is 10.1. The van der Waals surface area contributed by atoms with Gasteiger partial charge in [0.2, 0.25) is 0 Å². The van der Waals surface area contributed by atoms with Crippen LogP contribution in [0.3, 0.4) is 0 Å². The normalized spacial score (nSPS) is 10.8. The molecule has 0 aliphatic heterocycles. The second kappa shape index (κ2) is 8.31. The number of aromatic amines is 1. The number of aryl methyl sites for hydroxylation is 1. The van der Waals surface area contributed by atoms with Crippen molar-refractivity contribution in [3.63, 3.8) is 0 Å². The number of amides is 2. The molecule has 1 aromatic carbocycles. The Morgan fingerprint density at radius 2 is 1.96 bits per heavy atom. The maximum atomic E-state index is 11.5. The SMILES string of the molecule is Cc1ccc(Cc2nc(CCNC(=O)NCC(C)C)n[nH]2)cc1. The minimum absolute atomic E-state index is 0.144. The first-order valence-electron chi connectivity index (χ1n) is 8.00. The Morgan fingerprint density at radius 1 is 1.22 bits per heavy atom. The Morgan fingerprint density at radius 3 is 2.65 bits per heavy atom. The molecule has 2 rings (SSSR count). The summed E-state index contributed by atoms with van der Waals surface area (Å²) in [5.41, 5.74) is 2.44. The van der Waals surface area contributed by atoms with Crippen LogP contribution in [0.15, 0.2) is 24.3 Å². The molecule has 0 saturated carbocycles. The van der Waals surface area contributed by atoms with Crippen LogP contribution in [0.1, 0.15) is 36.6 Å². The maximum Gasteiger partial charge on any atom is 0.314 e. The fourth-order valence-electron chi connectivity index (χ4n) is 2.07. The lowest BCUT2D eigenvalue weighted by Crippen LogP contribution is -2.38. The van der Waals surface area contributed by atoms with Crippen LogP contribution in [0.4, 0.5) is 4.79 Å². The standard InChI is InChI=1S/C17H25N5O/c1-12(2)11-19-17(23)18-9-8-15-20-16(22-21-15)10-14-6-4-13(3)5-7-14/h4-7,12H,8-11H2,1-3H3,(H2,18,19,23)(H,20,21,22). The van der Waals surface area contributed by atoms with Crippen molar-refractivity contribution in [3.8, 4) is 0 Å². The van der Waals surface area contributed by atoms with Gasteiger partial charge in [-0.25, -0.2) is 9.78 Å². The summed E-state index contributed by atoms with van der Waals surface area (Å²) in [5.74, 6) is 2.00. The minimum Gasteiger partial charge on any atom is -0.338 e. The highest BCUT2D eigenvalue weighted by atomic mass is 16.2. The van der Waals surface area contributed by atoms with E-state index in [2.05, 4.69) is 70.9 Å². The average Bonchev–Trinajstić information content (AvgIpc) is 2.95. The molecule has 6 heteroatoms. The summed E-state index contributed by atoms with van der Waals surface area (Å²) in [6.07, 6.45) is 1.34. The molecule has 0 saturated heterocycles. The van der Waals surface area contributed by atoms with Crippen molar-refractivity contribution in [2.45, 2.75) is 33.6 Å². The van der Waals surface area contributed by atoms with Gasteiger partial charge >= 0.3 is 6.03 Å². The number of hydrogen-bond donors (Lipinski definition) is 3. The number of hydrogen-bond acceptors (Lipinski definition) is 3. The van der Waals surface area contributed by atoms with Crippen molar-refractivity contribution in [2.24, 2.45) is 5.92 Å². The third-order valence-corrected chi connectivity index (χ3v) is 3.38. The Kier molecular flexibility index (Phi) is 6.14. The summed E-state index contributed by atoms with van der Waals surface area (Å²) in [5, 5.41) is 12.8. The minimum atomic E-state index is -0.144. The molecule has 0 fully saturated rings. The molecule has 0 bridgehead atoms. The molecule has 23 heavy (non-hydrogen) atoms. The van der Waals surface area contributed by atoms with E-state index in [4.69, 9.17) is 0 Å². The van der Waals surface area contributed by atoms with Crippen LogP contribution in [-0.2, 0) is 12.8 Å². The topological polar surface area (TPSA) is 82.7 Å². The van der Waals surface area contributed by atoms with Crippen molar-refractivity contribution in [2.75, 3.05) is 13.1 Å². The number of urea groups is 1. The number of aromatic nitrogens is 3. The number of benzene rings is 1. The van der Waals surface area contributed by atoms with E-state index in [0.29, 0.717) is 25.4 Å². The highest BCUT2D eigenvalue weighted by Gasteiger charge is 2.06. The van der Waals surface area contributed by atoms with Crippen molar-refractivity contribution in [1.82, 2.24) is 25.8 Å². The van der Waals surface area contributed by atoms with E-state index in [1.165, 1.54) is 11.1 Å². The van der Waals surface area contributed by atoms with Crippen molar-refractivity contribution < 1.29 is 4.79 Å². The fourth-order valence-corrected chi connectivity index (χ4v) is 2.07. The number of carbonyl (C=O) groups is 1. The molecule has 0 radical (unpaired) electrons. The van der Waals surface area contributed by atoms with Crippen molar-refractivity contribution in [1.29, 1.82) is 0 Å². The molecule has 0 aliphatic carbocycles. The largest absolute Gasteiger partial charge is 0.338 e.